The molecule has 2 aliphatic carbocycles. The first-order valence-corrected chi connectivity index (χ1v) is 14.5. The molecule has 1 saturated carbocycles. The van der Waals surface area contributed by atoms with Crippen molar-refractivity contribution in [2.45, 2.75) is 25.7 Å². The molecule has 36 heavy (non-hydrogen) atoms. The molecule has 0 amide bonds. The number of nitrogens with zero attached hydrogens (tertiary/aromatic N) is 2. The summed E-state index contributed by atoms with van der Waals surface area (Å²) in [6.07, 6.45) is 6.62. The van der Waals surface area contributed by atoms with Crippen LogP contribution in [0.2, 0.25) is 0 Å². The molecule has 4 rings (SSSR count). The molecule has 0 saturated heterocycles. The molecule has 1 aromatic heterocycles. The van der Waals surface area contributed by atoms with Gasteiger partial charge in [0.05, 0.1) is 13.7 Å². The predicted octanol–water partition coefficient (Wildman–Crippen LogP) is 2.58. The van der Waals surface area contributed by atoms with Gasteiger partial charge in [-0.05, 0) is 62.5 Å². The van der Waals surface area contributed by atoms with E-state index >= 15 is 0 Å². The summed E-state index contributed by atoms with van der Waals surface area (Å²) in [4.78, 5) is 51.3. The number of carbonyl (C=O) groups is 2. The van der Waals surface area contributed by atoms with E-state index in [1.807, 2.05) is 0 Å². The van der Waals surface area contributed by atoms with E-state index in [4.69, 9.17) is 9.47 Å². The number of aryl methyl sites for hydroxylation is 1. The first-order valence-electron chi connectivity index (χ1n) is 11.9. The zero-order valence-electron chi connectivity index (χ0n) is 20.8. The maximum absolute atomic E-state index is 13.3. The second kappa shape index (κ2) is 10.1. The Morgan fingerprint density at radius 2 is 1.72 bits per heavy atom. The summed E-state index contributed by atoms with van der Waals surface area (Å²) in [5.74, 6) is -2.16. The molecule has 0 N–H and O–H groups in total. The minimum atomic E-state index is -2.92. The van der Waals surface area contributed by atoms with Crippen molar-refractivity contribution in [2.24, 2.45) is 23.7 Å². The van der Waals surface area contributed by atoms with Crippen molar-refractivity contribution in [2.75, 3.05) is 27.0 Å². The van der Waals surface area contributed by atoms with Gasteiger partial charge < -0.3 is 14.0 Å². The Bertz CT molecular complexity index is 1350. The molecule has 10 heteroatoms. The van der Waals surface area contributed by atoms with Crippen LogP contribution >= 0.6 is 7.14 Å². The lowest BCUT2D eigenvalue weighted by atomic mass is 9.83. The minimum Gasteiger partial charge on any atom is -0.467 e. The number of carbonyl (C=O) groups excluding carboxylic acids is 2. The number of ether oxygens (including phenoxy) is 2. The molecule has 1 fully saturated rings. The van der Waals surface area contributed by atoms with Crippen molar-refractivity contribution < 1.29 is 23.6 Å². The Morgan fingerprint density at radius 1 is 1.08 bits per heavy atom. The van der Waals surface area contributed by atoms with Crippen LogP contribution in [0.5, 0.6) is 0 Å². The molecule has 2 aliphatic rings. The summed E-state index contributed by atoms with van der Waals surface area (Å²) in [6.45, 7) is 5.01. The molecule has 1 aromatic carbocycles. The second-order valence-corrected chi connectivity index (χ2v) is 13.3. The lowest BCUT2D eigenvalue weighted by molar-refractivity contribution is -0.149. The summed E-state index contributed by atoms with van der Waals surface area (Å²) in [7, 11) is -1.69. The van der Waals surface area contributed by atoms with Crippen molar-refractivity contribution in [3.05, 3.63) is 80.6 Å². The maximum Gasteiger partial charge on any atom is 0.342 e. The van der Waals surface area contributed by atoms with Gasteiger partial charge in [-0.2, -0.15) is 4.57 Å². The van der Waals surface area contributed by atoms with Crippen LogP contribution in [0.1, 0.15) is 22.3 Å². The highest BCUT2D eigenvalue weighted by atomic mass is 31.2. The van der Waals surface area contributed by atoms with Gasteiger partial charge in [-0.25, -0.2) is 9.59 Å². The molecule has 1 heterocycles. The molecule has 0 radical (unpaired) electrons. The van der Waals surface area contributed by atoms with E-state index in [1.165, 1.54) is 31.2 Å². The van der Waals surface area contributed by atoms with Crippen molar-refractivity contribution >= 4 is 19.0 Å². The van der Waals surface area contributed by atoms with E-state index in [9.17, 15) is 23.7 Å². The number of benzene rings is 1. The zero-order valence-corrected chi connectivity index (χ0v) is 21.7. The van der Waals surface area contributed by atoms with Crippen LogP contribution in [0.4, 0.5) is 0 Å². The van der Waals surface area contributed by atoms with Gasteiger partial charge in [-0.15, -0.1) is 0 Å². The second-order valence-electron chi connectivity index (χ2n) is 9.98. The van der Waals surface area contributed by atoms with E-state index in [1.54, 1.807) is 37.3 Å². The monoisotopic (exact) mass is 514 g/mol. The van der Waals surface area contributed by atoms with Crippen molar-refractivity contribution in [1.29, 1.82) is 0 Å². The summed E-state index contributed by atoms with van der Waals surface area (Å²) < 4.78 is 25.4. The fraction of sp³-hybridized carbons (Fsp3) is 0.462. The normalized spacial score (nSPS) is 23.6. The highest BCUT2D eigenvalue weighted by Gasteiger charge is 2.46. The topological polar surface area (TPSA) is 114 Å². The number of esters is 1. The molecular formula is C26H31N2O7P. The predicted molar refractivity (Wildman–Crippen MR) is 135 cm³/mol. The average molecular weight is 515 g/mol. The zero-order chi connectivity index (χ0) is 26.2. The van der Waals surface area contributed by atoms with Gasteiger partial charge in [0.2, 0.25) is 5.85 Å². The molecule has 0 spiro atoms. The van der Waals surface area contributed by atoms with Crippen LogP contribution in [0, 0.1) is 30.6 Å². The van der Waals surface area contributed by atoms with Gasteiger partial charge >= 0.3 is 11.7 Å². The molecule has 3 unspecified atom stereocenters. The summed E-state index contributed by atoms with van der Waals surface area (Å²) in [6, 6.07) is 8.22. The average Bonchev–Trinajstić information content (AvgIpc) is 3.44. The van der Waals surface area contributed by atoms with Crippen LogP contribution < -0.4 is 11.2 Å². The quantitative estimate of drug-likeness (QED) is 0.302. The van der Waals surface area contributed by atoms with E-state index in [2.05, 4.69) is 12.2 Å². The smallest absolute Gasteiger partial charge is 0.342 e. The van der Waals surface area contributed by atoms with Gasteiger partial charge in [0, 0.05) is 23.9 Å². The van der Waals surface area contributed by atoms with Gasteiger partial charge in [-0.1, -0.05) is 30.4 Å². The summed E-state index contributed by atoms with van der Waals surface area (Å²) in [5, 5.41) is 0. The SMILES string of the molecule is COC(=O)C(OC[C@@H]1C2C=CC(C2)[C@@H]1Cn1cc(C)c(=O)n(C(=O)c2ccccc2)c1=O)P(C)(C)=O. The largest absolute Gasteiger partial charge is 0.467 e. The molecule has 9 nitrogen and oxygen atoms in total. The van der Waals surface area contributed by atoms with Crippen molar-refractivity contribution in [3.8, 4) is 0 Å². The number of methoxy groups -OCH3 is 1. The van der Waals surface area contributed by atoms with E-state index in [0.717, 1.165) is 6.42 Å². The minimum absolute atomic E-state index is 0.0266. The fourth-order valence-corrected chi connectivity index (χ4v) is 6.39. The van der Waals surface area contributed by atoms with E-state index in [-0.39, 0.29) is 48.0 Å². The number of hydrogen-bond donors (Lipinski definition) is 0. The van der Waals surface area contributed by atoms with E-state index < -0.39 is 36.1 Å². The third kappa shape index (κ3) is 4.95. The molecule has 2 bridgehead atoms. The van der Waals surface area contributed by atoms with Gasteiger partial charge in [0.25, 0.3) is 11.5 Å². The Balaban J connectivity index is 1.62. The lowest BCUT2D eigenvalue weighted by Crippen LogP contribution is -2.46. The number of rotatable bonds is 8. The first-order chi connectivity index (χ1) is 17.0. The summed E-state index contributed by atoms with van der Waals surface area (Å²) in [5.41, 5.74) is -0.792. The van der Waals surface area contributed by atoms with Crippen LogP contribution in [-0.4, -0.2) is 53.9 Å². The molecular weight excluding hydrogens is 483 g/mol. The Hall–Kier alpha value is -3.03. The van der Waals surface area contributed by atoms with Crippen LogP contribution in [-0.2, 0) is 25.4 Å². The standard InChI is InChI=1S/C26H31N2O7P/c1-16-13-27(26(32)28(22(16)29)23(30)17-8-6-5-7-9-17)14-20-18-10-11-19(12-18)21(20)15-35-25(24(31)34-2)36(3,4)33/h5-11,13,18-21,25H,12,14-15H2,1-4H3/t18?,19?,20-,21+,25?/m0/s1. The number of hydrogen-bond acceptors (Lipinski definition) is 7. The summed E-state index contributed by atoms with van der Waals surface area (Å²) >= 11 is 0. The Labute approximate surface area is 209 Å². The van der Waals surface area contributed by atoms with E-state index in [0.29, 0.717) is 4.57 Å². The number of aromatic nitrogens is 2. The third-order valence-electron chi connectivity index (χ3n) is 7.17. The molecule has 2 aromatic rings. The molecule has 192 valence electrons. The fourth-order valence-electron chi connectivity index (χ4n) is 5.33. The van der Waals surface area contributed by atoms with Crippen molar-refractivity contribution in [3.63, 3.8) is 0 Å². The third-order valence-corrected chi connectivity index (χ3v) is 8.66. The Morgan fingerprint density at radius 3 is 2.33 bits per heavy atom. The Kier molecular flexibility index (Phi) is 7.34. The lowest BCUT2D eigenvalue weighted by Gasteiger charge is -2.30. The molecule has 0 aliphatic heterocycles. The van der Waals surface area contributed by atoms with Crippen LogP contribution in [0.25, 0.3) is 0 Å². The molecule has 5 atom stereocenters. The number of fused-ring (bicyclic) bond motifs is 2. The van der Waals surface area contributed by atoms with Crippen LogP contribution in [0.15, 0.2) is 58.3 Å². The number of allylic oxidation sites excluding steroid dienone is 2. The van der Waals surface area contributed by atoms with Gasteiger partial charge in [-0.3, -0.25) is 14.2 Å². The maximum atomic E-state index is 13.3. The highest BCUT2D eigenvalue weighted by molar-refractivity contribution is 7.63. The van der Waals surface area contributed by atoms with Crippen LogP contribution in [0.3, 0.4) is 0 Å². The van der Waals surface area contributed by atoms with Gasteiger partial charge in [0.15, 0.2) is 0 Å². The van der Waals surface area contributed by atoms with Gasteiger partial charge in [0.1, 0.15) is 7.14 Å². The van der Waals surface area contributed by atoms with Crippen molar-refractivity contribution in [1.82, 2.24) is 9.13 Å². The first kappa shape index (κ1) is 26.0. The highest BCUT2D eigenvalue weighted by Crippen LogP contribution is 2.50.